The van der Waals surface area contributed by atoms with Gasteiger partial charge in [0.05, 0.1) is 11.4 Å². The Bertz CT molecular complexity index is 300. The molecule has 0 amide bonds. The normalized spacial score (nSPS) is 10.3. The summed E-state index contributed by atoms with van der Waals surface area (Å²) in [5.74, 6) is 0.624. The van der Waals surface area contributed by atoms with Crippen molar-refractivity contribution in [2.75, 3.05) is 25.5 Å². The van der Waals surface area contributed by atoms with E-state index in [0.29, 0.717) is 5.95 Å². The van der Waals surface area contributed by atoms with Crippen molar-refractivity contribution >= 4 is 5.95 Å². The second-order valence-electron chi connectivity index (χ2n) is 3.27. The summed E-state index contributed by atoms with van der Waals surface area (Å²) < 4.78 is 0. The molecule has 2 N–H and O–H groups in total. The fraction of sp³-hybridized carbons (Fsp3) is 0.700. The Balaban J connectivity index is 2.66. The second-order valence-corrected chi connectivity index (χ2v) is 3.27. The van der Waals surface area contributed by atoms with Crippen LogP contribution in [-0.4, -0.2) is 35.3 Å². The van der Waals surface area contributed by atoms with E-state index < -0.39 is 0 Å². The minimum Gasteiger partial charge on any atom is -0.352 e. The van der Waals surface area contributed by atoms with Gasteiger partial charge in [0, 0.05) is 13.1 Å². The average molecular weight is 209 g/mol. The molecule has 0 aliphatic carbocycles. The van der Waals surface area contributed by atoms with Crippen LogP contribution in [0.15, 0.2) is 0 Å². The first-order chi connectivity index (χ1) is 7.31. The highest BCUT2D eigenvalue weighted by Gasteiger charge is 2.04. The molecule has 0 radical (unpaired) electrons. The predicted octanol–water partition coefficient (Wildman–Crippen LogP) is 0.628. The number of anilines is 1. The van der Waals surface area contributed by atoms with Crippen molar-refractivity contribution in [2.45, 2.75) is 26.7 Å². The van der Waals surface area contributed by atoms with Gasteiger partial charge in [0.2, 0.25) is 5.95 Å². The van der Waals surface area contributed by atoms with Crippen molar-refractivity contribution in [3.8, 4) is 0 Å². The third-order valence-corrected chi connectivity index (χ3v) is 2.17. The van der Waals surface area contributed by atoms with E-state index in [9.17, 15) is 0 Å². The number of likely N-dealkylation sites (N-methyl/N-ethyl adjacent to an activating group) is 1. The highest BCUT2D eigenvalue weighted by molar-refractivity contribution is 5.25. The Kier molecular flexibility index (Phi) is 4.97. The largest absolute Gasteiger partial charge is 0.352 e. The maximum absolute atomic E-state index is 4.42. The molecule has 0 saturated carbocycles. The molecular weight excluding hydrogens is 190 g/mol. The molecule has 1 aromatic heterocycles. The van der Waals surface area contributed by atoms with Crippen molar-refractivity contribution < 1.29 is 0 Å². The van der Waals surface area contributed by atoms with Crippen molar-refractivity contribution in [3.05, 3.63) is 11.4 Å². The van der Waals surface area contributed by atoms with Crippen LogP contribution in [0.25, 0.3) is 0 Å². The quantitative estimate of drug-likeness (QED) is 0.673. The van der Waals surface area contributed by atoms with Crippen LogP contribution in [0.2, 0.25) is 0 Å². The highest BCUT2D eigenvalue weighted by atomic mass is 15.2. The number of hydrogen-bond donors (Lipinski definition) is 2. The van der Waals surface area contributed by atoms with Gasteiger partial charge in [-0.1, -0.05) is 13.8 Å². The van der Waals surface area contributed by atoms with E-state index in [1.54, 1.807) is 0 Å². The van der Waals surface area contributed by atoms with Gasteiger partial charge in [0.25, 0.3) is 0 Å². The fourth-order valence-electron chi connectivity index (χ4n) is 1.31. The van der Waals surface area contributed by atoms with E-state index in [4.69, 9.17) is 0 Å². The number of aromatic nitrogens is 3. The Labute approximate surface area is 90.7 Å². The van der Waals surface area contributed by atoms with E-state index >= 15 is 0 Å². The molecule has 1 rings (SSSR count). The summed E-state index contributed by atoms with van der Waals surface area (Å²) >= 11 is 0. The van der Waals surface area contributed by atoms with Crippen LogP contribution in [0.5, 0.6) is 0 Å². The average Bonchev–Trinajstić information content (AvgIpc) is 2.29. The lowest BCUT2D eigenvalue weighted by Crippen LogP contribution is -2.19. The van der Waals surface area contributed by atoms with Crippen molar-refractivity contribution in [1.29, 1.82) is 0 Å². The van der Waals surface area contributed by atoms with E-state index in [1.807, 2.05) is 7.05 Å². The molecule has 0 saturated heterocycles. The number of aryl methyl sites for hydroxylation is 2. The third-order valence-electron chi connectivity index (χ3n) is 2.17. The summed E-state index contributed by atoms with van der Waals surface area (Å²) in [4.78, 5) is 4.42. The molecule has 0 aromatic carbocycles. The highest BCUT2D eigenvalue weighted by Crippen LogP contribution is 2.06. The SMILES string of the molecule is CCc1nnc(NCCNC)nc1CC. The zero-order chi connectivity index (χ0) is 11.1. The Morgan fingerprint density at radius 3 is 2.33 bits per heavy atom. The van der Waals surface area contributed by atoms with Crippen LogP contribution in [0.4, 0.5) is 5.95 Å². The first kappa shape index (κ1) is 11.8. The summed E-state index contributed by atoms with van der Waals surface area (Å²) in [7, 11) is 1.92. The van der Waals surface area contributed by atoms with Gasteiger partial charge in [-0.25, -0.2) is 4.98 Å². The lowest BCUT2D eigenvalue weighted by atomic mass is 10.2. The van der Waals surface area contributed by atoms with Gasteiger partial charge in [-0.3, -0.25) is 0 Å². The number of hydrogen-bond acceptors (Lipinski definition) is 5. The Hall–Kier alpha value is -1.23. The van der Waals surface area contributed by atoms with Gasteiger partial charge in [0.15, 0.2) is 0 Å². The molecule has 0 aliphatic heterocycles. The van der Waals surface area contributed by atoms with E-state index in [0.717, 1.165) is 37.3 Å². The Morgan fingerprint density at radius 1 is 1.00 bits per heavy atom. The minimum absolute atomic E-state index is 0.624. The maximum Gasteiger partial charge on any atom is 0.243 e. The molecule has 5 heteroatoms. The van der Waals surface area contributed by atoms with E-state index in [2.05, 4.69) is 39.7 Å². The van der Waals surface area contributed by atoms with Gasteiger partial charge in [-0.15, -0.1) is 5.10 Å². The molecule has 5 nitrogen and oxygen atoms in total. The van der Waals surface area contributed by atoms with Gasteiger partial charge >= 0.3 is 0 Å². The maximum atomic E-state index is 4.42. The lowest BCUT2D eigenvalue weighted by Gasteiger charge is -2.07. The fourth-order valence-corrected chi connectivity index (χ4v) is 1.31. The van der Waals surface area contributed by atoms with Crippen LogP contribution in [0.3, 0.4) is 0 Å². The van der Waals surface area contributed by atoms with Crippen LogP contribution < -0.4 is 10.6 Å². The molecule has 0 unspecified atom stereocenters. The molecule has 0 bridgehead atoms. The van der Waals surface area contributed by atoms with Crippen molar-refractivity contribution in [2.24, 2.45) is 0 Å². The smallest absolute Gasteiger partial charge is 0.243 e. The predicted molar refractivity (Wildman–Crippen MR) is 61.0 cm³/mol. The van der Waals surface area contributed by atoms with Gasteiger partial charge < -0.3 is 10.6 Å². The van der Waals surface area contributed by atoms with E-state index in [-0.39, 0.29) is 0 Å². The number of rotatable bonds is 6. The molecule has 0 atom stereocenters. The standard InChI is InChI=1S/C10H19N5/c1-4-8-9(5-2)14-15-10(13-8)12-7-6-11-3/h11H,4-7H2,1-3H3,(H,12,13,15). The molecule has 1 heterocycles. The molecule has 1 aromatic rings. The number of nitrogens with zero attached hydrogens (tertiary/aromatic N) is 3. The minimum atomic E-state index is 0.624. The Morgan fingerprint density at radius 2 is 1.73 bits per heavy atom. The molecule has 84 valence electrons. The van der Waals surface area contributed by atoms with E-state index in [1.165, 1.54) is 0 Å². The van der Waals surface area contributed by atoms with Gasteiger partial charge in [0.1, 0.15) is 0 Å². The summed E-state index contributed by atoms with van der Waals surface area (Å²) in [5.41, 5.74) is 2.04. The third kappa shape index (κ3) is 3.43. The molecular formula is C10H19N5. The second kappa shape index (κ2) is 6.29. The monoisotopic (exact) mass is 209 g/mol. The molecule has 0 fully saturated rings. The van der Waals surface area contributed by atoms with Crippen LogP contribution in [0.1, 0.15) is 25.2 Å². The lowest BCUT2D eigenvalue weighted by molar-refractivity contribution is 0.790. The summed E-state index contributed by atoms with van der Waals surface area (Å²) in [6.45, 7) is 5.85. The van der Waals surface area contributed by atoms with Gasteiger partial charge in [-0.05, 0) is 19.9 Å². The van der Waals surface area contributed by atoms with Crippen molar-refractivity contribution in [3.63, 3.8) is 0 Å². The topological polar surface area (TPSA) is 62.7 Å². The molecule has 15 heavy (non-hydrogen) atoms. The first-order valence-electron chi connectivity index (χ1n) is 5.42. The molecule has 0 spiro atoms. The zero-order valence-electron chi connectivity index (χ0n) is 9.67. The van der Waals surface area contributed by atoms with Crippen LogP contribution >= 0.6 is 0 Å². The number of nitrogens with one attached hydrogen (secondary N) is 2. The van der Waals surface area contributed by atoms with Gasteiger partial charge in [-0.2, -0.15) is 5.10 Å². The van der Waals surface area contributed by atoms with Crippen LogP contribution in [0, 0.1) is 0 Å². The zero-order valence-corrected chi connectivity index (χ0v) is 9.67. The molecule has 0 aliphatic rings. The summed E-state index contributed by atoms with van der Waals surface area (Å²) in [6, 6.07) is 0. The van der Waals surface area contributed by atoms with Crippen LogP contribution in [-0.2, 0) is 12.8 Å². The summed E-state index contributed by atoms with van der Waals surface area (Å²) in [6.07, 6.45) is 1.79. The first-order valence-corrected chi connectivity index (χ1v) is 5.42. The van der Waals surface area contributed by atoms with Crippen molar-refractivity contribution in [1.82, 2.24) is 20.5 Å². The summed E-state index contributed by atoms with van der Waals surface area (Å²) in [5, 5.41) is 14.4.